The molecule has 0 radical (unpaired) electrons. The zero-order valence-electron chi connectivity index (χ0n) is 12.4. The highest BCUT2D eigenvalue weighted by Crippen LogP contribution is 2.55. The van der Waals surface area contributed by atoms with Gasteiger partial charge in [-0.2, -0.15) is 13.2 Å². The first-order valence-corrected chi connectivity index (χ1v) is 7.10. The fraction of sp³-hybridized carbons (Fsp3) is 0.643. The van der Waals surface area contributed by atoms with Crippen molar-refractivity contribution < 1.29 is 32.5 Å². The van der Waals surface area contributed by atoms with E-state index in [-0.39, 0.29) is 18.4 Å². The fourth-order valence-corrected chi connectivity index (χ4v) is 3.03. The van der Waals surface area contributed by atoms with E-state index in [2.05, 4.69) is 9.97 Å². The molecule has 5 atom stereocenters. The Balaban J connectivity index is 1.74. The second kappa shape index (κ2) is 5.13. The predicted molar refractivity (Wildman–Crippen MR) is 69.5 cm³/mol. The van der Waals surface area contributed by atoms with Crippen molar-refractivity contribution in [3.8, 4) is 5.88 Å². The normalized spacial score (nSPS) is 37.0. The molecule has 3 unspecified atom stereocenters. The van der Waals surface area contributed by atoms with Gasteiger partial charge in [0.2, 0.25) is 5.88 Å². The third-order valence-electron chi connectivity index (χ3n) is 4.66. The molecule has 6 nitrogen and oxygen atoms in total. The van der Waals surface area contributed by atoms with E-state index in [4.69, 9.17) is 9.47 Å². The second-order valence-electron chi connectivity index (χ2n) is 5.89. The van der Waals surface area contributed by atoms with E-state index in [1.54, 1.807) is 0 Å². The number of aliphatic hydroxyl groups excluding tert-OH is 1. The Hall–Kier alpha value is -1.74. The number of aromatic nitrogens is 2. The minimum atomic E-state index is -4.66. The minimum Gasteiger partial charge on any atom is -0.468 e. The van der Waals surface area contributed by atoms with Crippen LogP contribution >= 0.6 is 0 Å². The second-order valence-corrected chi connectivity index (χ2v) is 5.89. The van der Waals surface area contributed by atoms with Crippen LogP contribution in [0.2, 0.25) is 0 Å². The molecule has 1 aromatic heterocycles. The Bertz CT molecular complexity index is 629. The van der Waals surface area contributed by atoms with E-state index in [9.17, 15) is 23.1 Å². The summed E-state index contributed by atoms with van der Waals surface area (Å²) >= 11 is 0. The lowest BCUT2D eigenvalue weighted by molar-refractivity contribution is -0.169. The van der Waals surface area contributed by atoms with Gasteiger partial charge in [-0.15, -0.1) is 0 Å². The van der Waals surface area contributed by atoms with E-state index in [1.165, 1.54) is 0 Å². The standard InChI is InChI=1S/C14H15F3N2O4/c1-6-7(2)13(6)12(21)11(20)8(5-22-13)23-10-4-18-3-9(19-10)14(15,16)17/h3-4,6-8,11,20H,5H2,1-2H3/t6-,7?,8?,11+,13?/m0/s1. The van der Waals surface area contributed by atoms with Crippen LogP contribution in [0.3, 0.4) is 0 Å². The fourth-order valence-electron chi connectivity index (χ4n) is 3.03. The van der Waals surface area contributed by atoms with E-state index in [0.717, 1.165) is 6.20 Å². The molecule has 2 heterocycles. The largest absolute Gasteiger partial charge is 0.468 e. The molecule has 1 aliphatic heterocycles. The number of nitrogens with zero attached hydrogens (tertiary/aromatic N) is 2. The quantitative estimate of drug-likeness (QED) is 0.877. The number of carbonyl (C=O) groups excluding carboxylic acids is 1. The van der Waals surface area contributed by atoms with Gasteiger partial charge in [0.25, 0.3) is 0 Å². The molecular formula is C14H15F3N2O4. The van der Waals surface area contributed by atoms with Crippen LogP contribution in [0, 0.1) is 11.8 Å². The molecule has 126 valence electrons. The lowest BCUT2D eigenvalue weighted by Gasteiger charge is -2.33. The summed E-state index contributed by atoms with van der Waals surface area (Å²) in [6.45, 7) is 3.57. The van der Waals surface area contributed by atoms with Crippen molar-refractivity contribution in [1.82, 2.24) is 9.97 Å². The molecule has 0 bridgehead atoms. The molecule has 1 saturated heterocycles. The summed E-state index contributed by atoms with van der Waals surface area (Å²) in [6, 6.07) is 0. The molecule has 1 spiro atoms. The molecule has 2 aliphatic rings. The topological polar surface area (TPSA) is 81.5 Å². The van der Waals surface area contributed by atoms with Gasteiger partial charge in [-0.25, -0.2) is 4.98 Å². The van der Waals surface area contributed by atoms with Gasteiger partial charge in [-0.1, -0.05) is 13.8 Å². The monoisotopic (exact) mass is 332 g/mol. The third-order valence-corrected chi connectivity index (χ3v) is 4.66. The van der Waals surface area contributed by atoms with Crippen LogP contribution in [0.4, 0.5) is 13.2 Å². The maximum atomic E-state index is 12.6. The summed E-state index contributed by atoms with van der Waals surface area (Å²) < 4.78 is 48.5. The summed E-state index contributed by atoms with van der Waals surface area (Å²) in [5, 5.41) is 10.1. The van der Waals surface area contributed by atoms with Gasteiger partial charge >= 0.3 is 6.18 Å². The first kappa shape index (κ1) is 16.1. The van der Waals surface area contributed by atoms with Crippen LogP contribution in [-0.4, -0.2) is 45.3 Å². The molecule has 0 amide bonds. The van der Waals surface area contributed by atoms with Gasteiger partial charge in [-0.05, 0) is 11.8 Å². The molecule has 2 fully saturated rings. The number of aliphatic hydroxyl groups is 1. The SMILES string of the molecule is CC1[C@H](C)C12OCC(Oc1cncc(C(F)(F)F)n1)[C@@H](O)C2=O. The summed E-state index contributed by atoms with van der Waals surface area (Å²) in [6.07, 6.45) is -5.71. The lowest BCUT2D eigenvalue weighted by Crippen LogP contribution is -2.54. The van der Waals surface area contributed by atoms with Crippen molar-refractivity contribution in [1.29, 1.82) is 0 Å². The smallest absolute Gasteiger partial charge is 0.435 e. The van der Waals surface area contributed by atoms with Crippen molar-refractivity contribution in [3.05, 3.63) is 18.1 Å². The molecule has 1 aromatic rings. The Morgan fingerprint density at radius 1 is 1.35 bits per heavy atom. The molecule has 23 heavy (non-hydrogen) atoms. The van der Waals surface area contributed by atoms with E-state index in [0.29, 0.717) is 6.20 Å². The Labute approximate surface area is 129 Å². The number of ether oxygens (including phenoxy) is 2. The number of rotatable bonds is 2. The third kappa shape index (κ3) is 2.47. The summed E-state index contributed by atoms with van der Waals surface area (Å²) in [5.74, 6) is -0.959. The van der Waals surface area contributed by atoms with E-state index >= 15 is 0 Å². The number of alkyl halides is 3. The average molecular weight is 332 g/mol. The number of hydrogen-bond acceptors (Lipinski definition) is 6. The number of ketones is 1. The van der Waals surface area contributed by atoms with Crippen molar-refractivity contribution in [2.75, 3.05) is 6.61 Å². The van der Waals surface area contributed by atoms with E-state index < -0.39 is 41.3 Å². The zero-order valence-corrected chi connectivity index (χ0v) is 12.4. The molecule has 1 N–H and O–H groups in total. The van der Waals surface area contributed by atoms with Gasteiger partial charge < -0.3 is 14.6 Å². The summed E-state index contributed by atoms with van der Waals surface area (Å²) in [4.78, 5) is 19.0. The van der Waals surface area contributed by atoms with Crippen LogP contribution in [0.25, 0.3) is 0 Å². The molecular weight excluding hydrogens is 317 g/mol. The Morgan fingerprint density at radius 2 is 2.00 bits per heavy atom. The van der Waals surface area contributed by atoms with Crippen LogP contribution in [0.15, 0.2) is 12.4 Å². The van der Waals surface area contributed by atoms with Crippen molar-refractivity contribution in [3.63, 3.8) is 0 Å². The number of Topliss-reactive ketones (excluding diaryl/α,β-unsaturated/α-hetero) is 1. The highest BCUT2D eigenvalue weighted by molar-refractivity contribution is 5.96. The highest BCUT2D eigenvalue weighted by Gasteiger charge is 2.69. The minimum absolute atomic E-state index is 0.0149. The maximum Gasteiger partial charge on any atom is 0.435 e. The average Bonchev–Trinajstić information content (AvgIpc) is 3.01. The summed E-state index contributed by atoms with van der Waals surface area (Å²) in [5.41, 5.74) is -2.22. The maximum absolute atomic E-state index is 12.6. The summed E-state index contributed by atoms with van der Waals surface area (Å²) in [7, 11) is 0. The van der Waals surface area contributed by atoms with Crippen LogP contribution in [0.1, 0.15) is 19.5 Å². The van der Waals surface area contributed by atoms with Gasteiger partial charge in [0.05, 0.1) is 19.0 Å². The highest BCUT2D eigenvalue weighted by atomic mass is 19.4. The molecule has 3 rings (SSSR count). The first-order chi connectivity index (χ1) is 10.7. The molecule has 0 aromatic carbocycles. The van der Waals surface area contributed by atoms with Gasteiger partial charge in [0.1, 0.15) is 5.60 Å². The zero-order chi connectivity index (χ0) is 17.0. The van der Waals surface area contributed by atoms with E-state index in [1.807, 2.05) is 13.8 Å². The molecule has 1 saturated carbocycles. The van der Waals surface area contributed by atoms with Gasteiger partial charge in [-0.3, -0.25) is 9.78 Å². The van der Waals surface area contributed by atoms with Crippen molar-refractivity contribution in [2.24, 2.45) is 11.8 Å². The van der Waals surface area contributed by atoms with Crippen molar-refractivity contribution in [2.45, 2.75) is 37.8 Å². The number of halogens is 3. The number of hydrogen-bond donors (Lipinski definition) is 1. The van der Waals surface area contributed by atoms with Crippen LogP contribution < -0.4 is 4.74 Å². The molecule has 1 aliphatic carbocycles. The Kier molecular flexibility index (Phi) is 3.60. The van der Waals surface area contributed by atoms with Gasteiger partial charge in [0.15, 0.2) is 23.7 Å². The van der Waals surface area contributed by atoms with Crippen molar-refractivity contribution >= 4 is 5.78 Å². The molecule has 9 heteroatoms. The van der Waals surface area contributed by atoms with Crippen LogP contribution in [-0.2, 0) is 15.7 Å². The number of carbonyl (C=O) groups is 1. The Morgan fingerprint density at radius 3 is 2.57 bits per heavy atom. The van der Waals surface area contributed by atoms with Gasteiger partial charge in [0, 0.05) is 0 Å². The predicted octanol–water partition coefficient (Wildman–Crippen LogP) is 1.23. The van der Waals surface area contributed by atoms with Crippen LogP contribution in [0.5, 0.6) is 5.88 Å². The first-order valence-electron chi connectivity index (χ1n) is 7.10. The lowest BCUT2D eigenvalue weighted by atomic mass is 9.97.